The van der Waals surface area contributed by atoms with Gasteiger partial charge in [0.05, 0.1) is 15.6 Å². The third kappa shape index (κ3) is 1.16. The Morgan fingerprint density at radius 1 is 1.60 bits per heavy atom. The molecule has 0 radical (unpaired) electrons. The van der Waals surface area contributed by atoms with Crippen molar-refractivity contribution in [1.82, 2.24) is 4.98 Å². The van der Waals surface area contributed by atoms with E-state index < -0.39 is 0 Å². The molecule has 4 heteroatoms. The minimum absolute atomic E-state index is 0.114. The molecule has 0 spiro atoms. The summed E-state index contributed by atoms with van der Waals surface area (Å²) in [4.78, 5) is 4.92. The number of hydrogen-bond donors (Lipinski definition) is 2. The molecule has 1 aromatic heterocycles. The predicted octanol–water partition coefficient (Wildman–Crippen LogP) is 1.04. The maximum absolute atomic E-state index is 7.14. The van der Waals surface area contributed by atoms with Crippen LogP contribution in [0.25, 0.3) is 0 Å². The van der Waals surface area contributed by atoms with Crippen molar-refractivity contribution >= 4 is 17.2 Å². The van der Waals surface area contributed by atoms with Crippen molar-refractivity contribution in [3.63, 3.8) is 0 Å². The van der Waals surface area contributed by atoms with Gasteiger partial charge >= 0.3 is 0 Å². The van der Waals surface area contributed by atoms with E-state index in [0.717, 1.165) is 15.6 Å². The van der Waals surface area contributed by atoms with Gasteiger partial charge in [-0.3, -0.25) is 5.41 Å². The normalized spacial score (nSPS) is 9.80. The zero-order valence-electron chi connectivity index (χ0n) is 5.93. The van der Waals surface area contributed by atoms with Crippen LogP contribution in [0.15, 0.2) is 0 Å². The molecular weight excluding hydrogens is 146 g/mol. The second kappa shape index (κ2) is 2.38. The smallest absolute Gasteiger partial charge is 0.135 e. The molecule has 0 bridgehead atoms. The molecule has 54 valence electrons. The summed E-state index contributed by atoms with van der Waals surface area (Å²) in [5.41, 5.74) is 6.14. The number of thiazole rings is 1. The fraction of sp³-hybridized carbons (Fsp3) is 0.333. The molecule has 0 amide bonds. The average molecular weight is 155 g/mol. The second-order valence-corrected chi connectivity index (χ2v) is 3.26. The molecule has 3 N–H and O–H groups in total. The van der Waals surface area contributed by atoms with Crippen LogP contribution in [0.4, 0.5) is 0 Å². The van der Waals surface area contributed by atoms with Crippen LogP contribution in [0.3, 0.4) is 0 Å². The Labute approximate surface area is 63.4 Å². The number of nitrogen functional groups attached to an aromatic ring is 1. The summed E-state index contributed by atoms with van der Waals surface area (Å²) < 4.78 is 0. The summed E-state index contributed by atoms with van der Waals surface area (Å²) in [5.74, 6) is 0.114. The molecule has 0 aromatic carbocycles. The van der Waals surface area contributed by atoms with Gasteiger partial charge in [0.1, 0.15) is 5.84 Å². The van der Waals surface area contributed by atoms with E-state index in [1.54, 1.807) is 0 Å². The van der Waals surface area contributed by atoms with Crippen LogP contribution in [-0.2, 0) is 0 Å². The van der Waals surface area contributed by atoms with Gasteiger partial charge in [-0.25, -0.2) is 4.98 Å². The molecule has 1 heterocycles. The predicted molar refractivity (Wildman–Crippen MR) is 42.6 cm³/mol. The highest BCUT2D eigenvalue weighted by molar-refractivity contribution is 7.13. The summed E-state index contributed by atoms with van der Waals surface area (Å²) in [6.07, 6.45) is 0. The minimum Gasteiger partial charge on any atom is -0.383 e. The summed E-state index contributed by atoms with van der Waals surface area (Å²) in [5, 5.41) is 8.10. The van der Waals surface area contributed by atoms with Gasteiger partial charge in [-0.1, -0.05) is 0 Å². The molecule has 0 fully saturated rings. The van der Waals surface area contributed by atoms with Gasteiger partial charge in [-0.15, -0.1) is 11.3 Å². The van der Waals surface area contributed by atoms with Crippen molar-refractivity contribution in [1.29, 1.82) is 5.41 Å². The summed E-state index contributed by atoms with van der Waals surface area (Å²) in [7, 11) is 0. The number of aryl methyl sites for hydroxylation is 2. The number of hydrogen-bond acceptors (Lipinski definition) is 3. The zero-order chi connectivity index (χ0) is 7.72. The van der Waals surface area contributed by atoms with Crippen LogP contribution in [-0.4, -0.2) is 10.8 Å². The number of aromatic nitrogens is 1. The topological polar surface area (TPSA) is 62.8 Å². The SMILES string of the molecule is Cc1nc(C)c(C(=N)N)s1. The quantitative estimate of drug-likeness (QED) is 0.470. The van der Waals surface area contributed by atoms with E-state index >= 15 is 0 Å². The van der Waals surface area contributed by atoms with Crippen LogP contribution in [0.5, 0.6) is 0 Å². The van der Waals surface area contributed by atoms with Crippen molar-refractivity contribution in [3.05, 3.63) is 15.6 Å². The standard InChI is InChI=1S/C6H9N3S/c1-3-5(6(7)8)10-4(2)9-3/h1-2H3,(H3,7,8). The first-order valence-electron chi connectivity index (χ1n) is 2.89. The van der Waals surface area contributed by atoms with Crippen molar-refractivity contribution in [2.45, 2.75) is 13.8 Å². The highest BCUT2D eigenvalue weighted by atomic mass is 32.1. The van der Waals surface area contributed by atoms with E-state index in [0.29, 0.717) is 0 Å². The van der Waals surface area contributed by atoms with Gasteiger partial charge < -0.3 is 5.73 Å². The largest absolute Gasteiger partial charge is 0.383 e. The number of nitrogens with two attached hydrogens (primary N) is 1. The van der Waals surface area contributed by atoms with E-state index in [1.807, 2.05) is 13.8 Å². The molecule has 0 atom stereocenters. The van der Waals surface area contributed by atoms with Gasteiger partial charge in [-0.2, -0.15) is 0 Å². The highest BCUT2D eigenvalue weighted by Gasteiger charge is 2.05. The number of nitrogens with one attached hydrogen (secondary N) is 1. The first kappa shape index (κ1) is 7.21. The van der Waals surface area contributed by atoms with Gasteiger partial charge in [-0.05, 0) is 13.8 Å². The van der Waals surface area contributed by atoms with E-state index in [9.17, 15) is 0 Å². The lowest BCUT2D eigenvalue weighted by molar-refractivity contribution is 1.19. The summed E-state index contributed by atoms with van der Waals surface area (Å²) in [6.45, 7) is 3.77. The first-order chi connectivity index (χ1) is 4.61. The third-order valence-corrected chi connectivity index (χ3v) is 2.25. The Hall–Kier alpha value is -0.900. The molecule has 0 aliphatic rings. The summed E-state index contributed by atoms with van der Waals surface area (Å²) >= 11 is 1.46. The van der Waals surface area contributed by atoms with Crippen LogP contribution >= 0.6 is 11.3 Å². The number of rotatable bonds is 1. The van der Waals surface area contributed by atoms with E-state index in [4.69, 9.17) is 11.1 Å². The zero-order valence-corrected chi connectivity index (χ0v) is 6.75. The van der Waals surface area contributed by atoms with Gasteiger partial charge in [0, 0.05) is 0 Å². The average Bonchev–Trinajstić information content (AvgIpc) is 2.10. The molecule has 1 rings (SSSR count). The van der Waals surface area contributed by atoms with Gasteiger partial charge in [0.2, 0.25) is 0 Å². The number of amidine groups is 1. The fourth-order valence-electron chi connectivity index (χ4n) is 0.781. The Kier molecular flexibility index (Phi) is 1.72. The Morgan fingerprint density at radius 2 is 2.20 bits per heavy atom. The van der Waals surface area contributed by atoms with Crippen molar-refractivity contribution in [2.75, 3.05) is 0 Å². The van der Waals surface area contributed by atoms with Crippen molar-refractivity contribution in [2.24, 2.45) is 5.73 Å². The Balaban J connectivity index is 3.15. The molecule has 0 aliphatic heterocycles. The molecule has 0 saturated carbocycles. The minimum atomic E-state index is 0.114. The molecular formula is C6H9N3S. The number of nitrogens with zero attached hydrogens (tertiary/aromatic N) is 1. The van der Waals surface area contributed by atoms with E-state index in [2.05, 4.69) is 4.98 Å². The van der Waals surface area contributed by atoms with E-state index in [1.165, 1.54) is 11.3 Å². The Bertz CT molecular complexity index is 264. The lowest BCUT2D eigenvalue weighted by Crippen LogP contribution is -2.10. The van der Waals surface area contributed by atoms with Crippen LogP contribution in [0.2, 0.25) is 0 Å². The van der Waals surface area contributed by atoms with Crippen LogP contribution < -0.4 is 5.73 Å². The first-order valence-corrected chi connectivity index (χ1v) is 3.71. The fourth-order valence-corrected chi connectivity index (χ4v) is 1.56. The van der Waals surface area contributed by atoms with E-state index in [-0.39, 0.29) is 5.84 Å². The molecule has 1 aromatic rings. The van der Waals surface area contributed by atoms with Gasteiger partial charge in [0.25, 0.3) is 0 Å². The highest BCUT2D eigenvalue weighted by Crippen LogP contribution is 2.15. The van der Waals surface area contributed by atoms with Crippen molar-refractivity contribution < 1.29 is 0 Å². The lowest BCUT2D eigenvalue weighted by Gasteiger charge is -1.89. The second-order valence-electron chi connectivity index (χ2n) is 2.06. The lowest BCUT2D eigenvalue weighted by atomic mass is 10.4. The summed E-state index contributed by atoms with van der Waals surface area (Å²) in [6, 6.07) is 0. The third-order valence-electron chi connectivity index (χ3n) is 1.15. The molecule has 0 unspecified atom stereocenters. The van der Waals surface area contributed by atoms with Gasteiger partial charge in [0.15, 0.2) is 0 Å². The van der Waals surface area contributed by atoms with Crippen LogP contribution in [0, 0.1) is 19.3 Å². The maximum Gasteiger partial charge on any atom is 0.135 e. The Morgan fingerprint density at radius 3 is 2.40 bits per heavy atom. The molecule has 3 nitrogen and oxygen atoms in total. The molecule has 0 aliphatic carbocycles. The monoisotopic (exact) mass is 155 g/mol. The van der Waals surface area contributed by atoms with Crippen LogP contribution in [0.1, 0.15) is 15.6 Å². The van der Waals surface area contributed by atoms with Crippen molar-refractivity contribution in [3.8, 4) is 0 Å². The molecule has 0 saturated heterocycles. The molecule has 10 heavy (non-hydrogen) atoms. The maximum atomic E-state index is 7.14.